The number of hydrogen-bond donors (Lipinski definition) is 2. The van der Waals surface area contributed by atoms with Crippen LogP contribution in [0.4, 0.5) is 4.39 Å². The Bertz CT molecular complexity index is 960. The standard InChI is InChI=1S/C25H35FN6O3/c1-35-24(34)22-25(15-19(26)16-28-22,18-9-7-5-3-2-4-6-8-10-18)29-23(33)20-11-12-21(31-30-20)32-14-13-27-17-32/h11-14,17-19,22,28H,2-10,15-16H2,1H3,(H,29,33). The molecule has 1 saturated carbocycles. The molecule has 9 nitrogen and oxygen atoms in total. The van der Waals surface area contributed by atoms with Gasteiger partial charge in [0.15, 0.2) is 11.5 Å². The van der Waals surface area contributed by atoms with Gasteiger partial charge in [-0.1, -0.05) is 44.9 Å². The van der Waals surface area contributed by atoms with Crippen LogP contribution in [0, 0.1) is 5.92 Å². The minimum Gasteiger partial charge on any atom is -0.468 e. The van der Waals surface area contributed by atoms with Gasteiger partial charge in [0, 0.05) is 25.4 Å². The van der Waals surface area contributed by atoms with Gasteiger partial charge in [-0.05, 0) is 30.9 Å². The van der Waals surface area contributed by atoms with Crippen LogP contribution in [0.2, 0.25) is 0 Å². The Morgan fingerprint density at radius 1 is 1.11 bits per heavy atom. The molecule has 0 radical (unpaired) electrons. The molecule has 2 fully saturated rings. The van der Waals surface area contributed by atoms with E-state index in [-0.39, 0.29) is 24.6 Å². The second kappa shape index (κ2) is 11.7. The van der Waals surface area contributed by atoms with E-state index in [0.717, 1.165) is 38.5 Å². The Kier molecular flexibility index (Phi) is 8.43. The fraction of sp³-hybridized carbons (Fsp3) is 0.640. The van der Waals surface area contributed by atoms with E-state index in [4.69, 9.17) is 4.74 Å². The molecule has 0 bridgehead atoms. The van der Waals surface area contributed by atoms with Crippen molar-refractivity contribution in [2.75, 3.05) is 13.7 Å². The number of hydrogen-bond acceptors (Lipinski definition) is 7. The summed E-state index contributed by atoms with van der Waals surface area (Å²) in [5, 5.41) is 14.4. The zero-order valence-corrected chi connectivity index (χ0v) is 20.3. The highest BCUT2D eigenvalue weighted by molar-refractivity contribution is 5.93. The zero-order valence-electron chi connectivity index (χ0n) is 20.3. The molecule has 3 unspecified atom stereocenters. The number of carbonyl (C=O) groups is 2. The number of esters is 1. The number of nitrogens with zero attached hydrogens (tertiary/aromatic N) is 4. The lowest BCUT2D eigenvalue weighted by molar-refractivity contribution is -0.148. The molecule has 2 N–H and O–H groups in total. The lowest BCUT2D eigenvalue weighted by Crippen LogP contribution is -2.72. The number of imidazole rings is 1. The summed E-state index contributed by atoms with van der Waals surface area (Å²) in [5.74, 6) is -0.512. The molecule has 4 rings (SSSR count). The minimum absolute atomic E-state index is 0.0452. The smallest absolute Gasteiger partial charge is 0.325 e. The fourth-order valence-corrected chi connectivity index (χ4v) is 5.60. The van der Waals surface area contributed by atoms with Crippen molar-refractivity contribution in [1.82, 2.24) is 30.4 Å². The normalized spacial score (nSPS) is 26.6. The first kappa shape index (κ1) is 25.2. The largest absolute Gasteiger partial charge is 0.468 e. The van der Waals surface area contributed by atoms with E-state index in [1.165, 1.54) is 26.4 Å². The lowest BCUT2D eigenvalue weighted by Gasteiger charge is -2.49. The lowest BCUT2D eigenvalue weighted by atomic mass is 9.68. The van der Waals surface area contributed by atoms with Gasteiger partial charge in [-0.3, -0.25) is 19.5 Å². The summed E-state index contributed by atoms with van der Waals surface area (Å²) >= 11 is 0. The van der Waals surface area contributed by atoms with Crippen molar-refractivity contribution >= 4 is 11.9 Å². The first-order valence-electron chi connectivity index (χ1n) is 12.6. The summed E-state index contributed by atoms with van der Waals surface area (Å²) in [4.78, 5) is 30.4. The van der Waals surface area contributed by atoms with Crippen LogP contribution < -0.4 is 10.6 Å². The molecule has 3 heterocycles. The topological polar surface area (TPSA) is 111 Å². The van der Waals surface area contributed by atoms with Crippen molar-refractivity contribution in [3.05, 3.63) is 36.5 Å². The summed E-state index contributed by atoms with van der Waals surface area (Å²) in [7, 11) is 1.33. The van der Waals surface area contributed by atoms with Gasteiger partial charge in [-0.2, -0.15) is 0 Å². The highest BCUT2D eigenvalue weighted by Crippen LogP contribution is 2.39. The molecule has 2 aromatic rings. The Morgan fingerprint density at radius 2 is 1.83 bits per heavy atom. The van der Waals surface area contributed by atoms with Gasteiger partial charge >= 0.3 is 5.97 Å². The van der Waals surface area contributed by atoms with Crippen molar-refractivity contribution in [1.29, 1.82) is 0 Å². The monoisotopic (exact) mass is 486 g/mol. The van der Waals surface area contributed by atoms with Crippen LogP contribution in [-0.2, 0) is 9.53 Å². The molecule has 2 aromatic heterocycles. The highest BCUT2D eigenvalue weighted by atomic mass is 19.1. The maximum absolute atomic E-state index is 15.0. The molecule has 1 amide bonds. The SMILES string of the molecule is COC(=O)C1NCC(F)CC1(NC(=O)c1ccc(-n2ccnc2)nn1)C1CCCCCCCCC1. The van der Waals surface area contributed by atoms with Gasteiger partial charge in [0.2, 0.25) is 0 Å². The number of piperidine rings is 1. The number of carbonyl (C=O) groups excluding carboxylic acids is 2. The molecular weight excluding hydrogens is 451 g/mol. The van der Waals surface area contributed by atoms with Gasteiger partial charge in [0.25, 0.3) is 5.91 Å². The molecule has 0 spiro atoms. The van der Waals surface area contributed by atoms with Crippen LogP contribution in [0.5, 0.6) is 0 Å². The van der Waals surface area contributed by atoms with Crippen molar-refractivity contribution in [3.8, 4) is 5.82 Å². The second-order valence-electron chi connectivity index (χ2n) is 9.66. The average molecular weight is 487 g/mol. The highest BCUT2D eigenvalue weighted by Gasteiger charge is 2.53. The predicted molar refractivity (Wildman–Crippen MR) is 128 cm³/mol. The van der Waals surface area contributed by atoms with Crippen LogP contribution in [0.25, 0.3) is 5.82 Å². The van der Waals surface area contributed by atoms with E-state index in [1.54, 1.807) is 35.4 Å². The Labute approximate surface area is 205 Å². The van der Waals surface area contributed by atoms with Gasteiger partial charge in [0.1, 0.15) is 18.5 Å². The van der Waals surface area contributed by atoms with Crippen LogP contribution in [0.1, 0.15) is 74.7 Å². The summed E-state index contributed by atoms with van der Waals surface area (Å²) < 4.78 is 21.7. The number of methoxy groups -OCH3 is 1. The number of ether oxygens (including phenoxy) is 1. The van der Waals surface area contributed by atoms with Crippen LogP contribution in [0.15, 0.2) is 30.9 Å². The summed E-state index contributed by atoms with van der Waals surface area (Å²) in [6, 6.07) is 2.42. The summed E-state index contributed by atoms with van der Waals surface area (Å²) in [6.07, 6.45) is 13.2. The summed E-state index contributed by atoms with van der Waals surface area (Å²) in [5.41, 5.74) is -1.01. The van der Waals surface area contributed by atoms with Gasteiger partial charge in [-0.15, -0.1) is 10.2 Å². The molecule has 2 aliphatic rings. The average Bonchev–Trinajstić information content (AvgIpc) is 3.42. The number of aromatic nitrogens is 4. The summed E-state index contributed by atoms with van der Waals surface area (Å²) in [6.45, 7) is 0.0452. The van der Waals surface area contributed by atoms with E-state index in [2.05, 4.69) is 25.8 Å². The molecule has 0 aromatic carbocycles. The number of nitrogens with one attached hydrogen (secondary N) is 2. The fourth-order valence-electron chi connectivity index (χ4n) is 5.60. The zero-order chi connectivity index (χ0) is 24.7. The van der Waals surface area contributed by atoms with E-state index in [0.29, 0.717) is 5.82 Å². The molecule has 10 heteroatoms. The first-order valence-corrected chi connectivity index (χ1v) is 12.6. The molecule has 35 heavy (non-hydrogen) atoms. The van der Waals surface area contributed by atoms with Crippen LogP contribution in [0.3, 0.4) is 0 Å². The molecule has 3 atom stereocenters. The molecule has 1 saturated heterocycles. The first-order chi connectivity index (χ1) is 17.0. The van der Waals surface area contributed by atoms with Crippen LogP contribution in [-0.4, -0.2) is 63.0 Å². The molecule has 1 aliphatic carbocycles. The van der Waals surface area contributed by atoms with E-state index in [9.17, 15) is 14.0 Å². The number of amides is 1. The van der Waals surface area contributed by atoms with Crippen molar-refractivity contribution in [3.63, 3.8) is 0 Å². The number of halogens is 1. The Hall–Kier alpha value is -2.88. The Balaban J connectivity index is 1.64. The molecule has 1 aliphatic heterocycles. The maximum atomic E-state index is 15.0. The maximum Gasteiger partial charge on any atom is 0.325 e. The van der Waals surface area contributed by atoms with Crippen molar-refractivity contribution in [2.45, 2.75) is 82.0 Å². The molecular formula is C25H35FN6O3. The minimum atomic E-state index is -1.19. The van der Waals surface area contributed by atoms with Gasteiger partial charge < -0.3 is 10.1 Å². The number of alkyl halides is 1. The quantitative estimate of drug-likeness (QED) is 0.625. The third-order valence-corrected chi connectivity index (χ3v) is 7.39. The van der Waals surface area contributed by atoms with Crippen LogP contribution >= 0.6 is 0 Å². The second-order valence-corrected chi connectivity index (χ2v) is 9.66. The van der Waals surface area contributed by atoms with Gasteiger partial charge in [0.05, 0.1) is 12.6 Å². The molecule has 190 valence electrons. The predicted octanol–water partition coefficient (Wildman–Crippen LogP) is 3.14. The van der Waals surface area contributed by atoms with E-state index in [1.807, 2.05) is 0 Å². The third kappa shape index (κ3) is 5.86. The van der Waals surface area contributed by atoms with E-state index >= 15 is 0 Å². The van der Waals surface area contributed by atoms with Crippen molar-refractivity contribution in [2.24, 2.45) is 5.92 Å². The number of rotatable bonds is 5. The third-order valence-electron chi connectivity index (χ3n) is 7.39. The Morgan fingerprint density at radius 3 is 2.43 bits per heavy atom. The van der Waals surface area contributed by atoms with Crippen molar-refractivity contribution < 1.29 is 18.7 Å². The van der Waals surface area contributed by atoms with Gasteiger partial charge in [-0.25, -0.2) is 9.37 Å². The van der Waals surface area contributed by atoms with E-state index < -0.39 is 29.6 Å².